The van der Waals surface area contributed by atoms with Crippen LogP contribution in [-0.2, 0) is 22.4 Å². The van der Waals surface area contributed by atoms with Crippen molar-refractivity contribution in [2.45, 2.75) is 20.8 Å². The summed E-state index contributed by atoms with van der Waals surface area (Å²) in [6.07, 6.45) is 4.26. The Labute approximate surface area is 77.1 Å². The minimum Gasteiger partial charge on any atom is -0.358 e. The summed E-state index contributed by atoms with van der Waals surface area (Å²) in [4.78, 5) is 0. The molecule has 0 fully saturated rings. The minimum atomic E-state index is 0. The van der Waals surface area contributed by atoms with Crippen LogP contribution in [0.3, 0.4) is 0 Å². The molecule has 9 heavy (non-hydrogen) atoms. The van der Waals surface area contributed by atoms with E-state index >= 15 is 0 Å². The maximum absolute atomic E-state index is 2.29. The van der Waals surface area contributed by atoms with Gasteiger partial charge in [-0.2, -0.15) is 0 Å². The van der Waals surface area contributed by atoms with Crippen molar-refractivity contribution in [3.05, 3.63) is 7.43 Å². The van der Waals surface area contributed by atoms with Gasteiger partial charge in [-0.05, 0) is 18.5 Å². The van der Waals surface area contributed by atoms with Crippen molar-refractivity contribution in [3.8, 4) is 0 Å². The zero-order chi connectivity index (χ0) is 5.70. The van der Waals surface area contributed by atoms with Gasteiger partial charge in [0.1, 0.15) is 0 Å². The summed E-state index contributed by atoms with van der Waals surface area (Å²) >= 11 is 0. The molecule has 62 valence electrons. The number of hydrogen-bond donors (Lipinski definition) is 0. The van der Waals surface area contributed by atoms with Gasteiger partial charge in [-0.1, -0.05) is 20.8 Å². The molecule has 0 spiro atoms. The van der Waals surface area contributed by atoms with Gasteiger partial charge in [0.15, 0.2) is 0 Å². The molecule has 0 N–H and O–H groups in total. The van der Waals surface area contributed by atoms with Crippen LogP contribution in [0.5, 0.6) is 0 Å². The third kappa shape index (κ3) is 9.17. The molecule has 0 atom stereocenters. The molecule has 0 heterocycles. The van der Waals surface area contributed by atoms with Crippen LogP contribution in [0.25, 0.3) is 0 Å². The van der Waals surface area contributed by atoms with Crippen LogP contribution in [-0.4, -0.2) is 18.5 Å². The second kappa shape index (κ2) is 11.9. The van der Waals surface area contributed by atoms with E-state index in [9.17, 15) is 0 Å². The monoisotopic (exact) mass is 330 g/mol. The second-order valence-corrected chi connectivity index (χ2v) is 4.86. The average Bonchev–Trinajstić information content (AvgIpc) is 1.72. The topological polar surface area (TPSA) is 0 Å². The summed E-state index contributed by atoms with van der Waals surface area (Å²) < 4.78 is 0. The van der Waals surface area contributed by atoms with E-state index in [2.05, 4.69) is 20.8 Å². The van der Waals surface area contributed by atoms with Crippen LogP contribution in [0.1, 0.15) is 20.8 Å². The molecule has 0 amide bonds. The summed E-state index contributed by atoms with van der Waals surface area (Å²) in [5.41, 5.74) is 0. The molecule has 0 saturated heterocycles. The molecule has 2 heteroatoms. The summed E-state index contributed by atoms with van der Waals surface area (Å²) in [5, 5.41) is 0. The first-order chi connectivity index (χ1) is 3.35. The van der Waals surface area contributed by atoms with E-state index in [1.807, 2.05) is 0 Å². The first-order valence-corrected chi connectivity index (χ1v) is 4.97. The van der Waals surface area contributed by atoms with E-state index in [0.717, 1.165) is 0 Å². The second-order valence-electron chi connectivity index (χ2n) is 1.62. The minimum absolute atomic E-state index is 0. The third-order valence-corrected chi connectivity index (χ3v) is 4.02. The Morgan fingerprint density at radius 2 is 1.11 bits per heavy atom. The molecular formula is C7H18AuP. The van der Waals surface area contributed by atoms with Gasteiger partial charge in [-0.25, -0.2) is 0 Å². The number of rotatable bonds is 3. The molecule has 0 unspecified atom stereocenters. The van der Waals surface area contributed by atoms with E-state index in [4.69, 9.17) is 0 Å². The maximum atomic E-state index is 2.29. The van der Waals surface area contributed by atoms with Gasteiger partial charge in [0, 0.05) is 0 Å². The van der Waals surface area contributed by atoms with Crippen LogP contribution < -0.4 is 0 Å². The van der Waals surface area contributed by atoms with E-state index < -0.39 is 0 Å². The van der Waals surface area contributed by atoms with Gasteiger partial charge in [0.2, 0.25) is 0 Å². The van der Waals surface area contributed by atoms with Crippen LogP contribution in [0.2, 0.25) is 0 Å². The Hall–Kier alpha value is 1.17. The summed E-state index contributed by atoms with van der Waals surface area (Å²) in [7, 11) is 0.446. The first-order valence-electron chi connectivity index (χ1n) is 3.07. The standard InChI is InChI=1S/C6H15P.CH3.Au/c1-4-7(5-2)6-3;;/h4-6H2,1-3H3;1H3;/q;-1;+1. The van der Waals surface area contributed by atoms with Crippen molar-refractivity contribution >= 4 is 7.92 Å². The molecule has 0 aromatic rings. The van der Waals surface area contributed by atoms with Gasteiger partial charge in [0.25, 0.3) is 0 Å². The molecule has 0 saturated carbocycles. The Morgan fingerprint density at radius 1 is 0.889 bits per heavy atom. The zero-order valence-corrected chi connectivity index (χ0v) is 9.93. The normalized spacial score (nSPS) is 8.00. The van der Waals surface area contributed by atoms with Gasteiger partial charge >= 0.3 is 22.4 Å². The molecule has 0 radical (unpaired) electrons. The van der Waals surface area contributed by atoms with Crippen molar-refractivity contribution in [1.29, 1.82) is 0 Å². The zero-order valence-electron chi connectivity index (χ0n) is 6.87. The van der Waals surface area contributed by atoms with Crippen molar-refractivity contribution in [3.63, 3.8) is 0 Å². The fourth-order valence-corrected chi connectivity index (χ4v) is 2.01. The van der Waals surface area contributed by atoms with E-state index in [0.29, 0.717) is 7.92 Å². The molecule has 0 aliphatic heterocycles. The van der Waals surface area contributed by atoms with Gasteiger partial charge in [0.05, 0.1) is 0 Å². The smallest absolute Gasteiger partial charge is 0.358 e. The van der Waals surface area contributed by atoms with Crippen molar-refractivity contribution < 1.29 is 22.4 Å². The quantitative estimate of drug-likeness (QED) is 0.424. The van der Waals surface area contributed by atoms with Crippen LogP contribution in [0.15, 0.2) is 0 Å². The van der Waals surface area contributed by atoms with E-state index in [-0.39, 0.29) is 29.8 Å². The van der Waals surface area contributed by atoms with Crippen molar-refractivity contribution in [2.24, 2.45) is 0 Å². The Balaban J connectivity index is -0.000000180. The van der Waals surface area contributed by atoms with Crippen LogP contribution in [0, 0.1) is 7.43 Å². The number of hydrogen-bond acceptors (Lipinski definition) is 0. The summed E-state index contributed by atoms with van der Waals surface area (Å²) in [6.45, 7) is 6.87. The van der Waals surface area contributed by atoms with Crippen molar-refractivity contribution in [2.75, 3.05) is 18.5 Å². The molecule has 0 aliphatic rings. The molecule has 0 rings (SSSR count). The largest absolute Gasteiger partial charge is 1.00 e. The first kappa shape index (κ1) is 16.6. The maximum Gasteiger partial charge on any atom is 1.00 e. The summed E-state index contributed by atoms with van der Waals surface area (Å²) in [5.74, 6) is 0. The van der Waals surface area contributed by atoms with Crippen molar-refractivity contribution in [1.82, 2.24) is 0 Å². The Kier molecular flexibility index (Phi) is 22.0. The van der Waals surface area contributed by atoms with Gasteiger partial charge in [-0.3, -0.25) is 0 Å². The predicted molar refractivity (Wildman–Crippen MR) is 45.0 cm³/mol. The molecule has 0 bridgehead atoms. The Bertz CT molecular complexity index is 30.4. The predicted octanol–water partition coefficient (Wildman–Crippen LogP) is 2.98. The van der Waals surface area contributed by atoms with Gasteiger partial charge in [-0.15, -0.1) is 7.92 Å². The Morgan fingerprint density at radius 3 is 1.11 bits per heavy atom. The van der Waals surface area contributed by atoms with Crippen LogP contribution in [0.4, 0.5) is 0 Å². The molecule has 0 aliphatic carbocycles. The third-order valence-electron chi connectivity index (χ3n) is 1.34. The molecular weight excluding hydrogens is 312 g/mol. The summed E-state index contributed by atoms with van der Waals surface area (Å²) in [6, 6.07) is 0. The van der Waals surface area contributed by atoms with E-state index in [1.165, 1.54) is 18.5 Å². The molecule has 0 aromatic carbocycles. The van der Waals surface area contributed by atoms with E-state index in [1.54, 1.807) is 0 Å². The molecule has 0 aromatic heterocycles. The fraction of sp³-hybridized carbons (Fsp3) is 0.857. The molecule has 0 nitrogen and oxygen atoms in total. The average molecular weight is 330 g/mol. The van der Waals surface area contributed by atoms with Crippen LogP contribution >= 0.6 is 7.92 Å². The SMILES string of the molecule is CCP(CC)CC.[Au+].[CH3-]. The van der Waals surface area contributed by atoms with Gasteiger partial charge < -0.3 is 7.43 Å². The fourth-order valence-electron chi connectivity index (χ4n) is 0.671.